The van der Waals surface area contributed by atoms with Crippen LogP contribution in [-0.4, -0.2) is 23.6 Å². The van der Waals surface area contributed by atoms with E-state index in [1.807, 2.05) is 0 Å². The van der Waals surface area contributed by atoms with Gasteiger partial charge in [0.05, 0.1) is 6.04 Å². The van der Waals surface area contributed by atoms with Crippen molar-refractivity contribution in [3.8, 4) is 5.75 Å². The predicted molar refractivity (Wildman–Crippen MR) is 57.7 cm³/mol. The van der Waals surface area contributed by atoms with Crippen LogP contribution in [0.1, 0.15) is 12.8 Å². The third-order valence-electron chi connectivity index (χ3n) is 2.59. The normalized spacial score (nSPS) is 19.7. The number of nitrogens with one attached hydrogen (secondary N) is 2. The summed E-state index contributed by atoms with van der Waals surface area (Å²) in [6, 6.07) is 3.58. The van der Waals surface area contributed by atoms with Crippen molar-refractivity contribution in [2.24, 2.45) is 0 Å². The first-order valence-electron chi connectivity index (χ1n) is 5.19. The first-order valence-corrected chi connectivity index (χ1v) is 5.19. The Morgan fingerprint density at radius 1 is 1.56 bits per heavy atom. The van der Waals surface area contributed by atoms with Gasteiger partial charge in [-0.05, 0) is 31.5 Å². The van der Waals surface area contributed by atoms with Crippen molar-refractivity contribution >= 4 is 11.6 Å². The fourth-order valence-corrected chi connectivity index (χ4v) is 1.72. The molecule has 0 bridgehead atoms. The van der Waals surface area contributed by atoms with Crippen LogP contribution in [0, 0.1) is 5.82 Å². The minimum absolute atomic E-state index is 0.164. The van der Waals surface area contributed by atoms with E-state index >= 15 is 0 Å². The van der Waals surface area contributed by atoms with Gasteiger partial charge >= 0.3 is 0 Å². The van der Waals surface area contributed by atoms with E-state index in [0.29, 0.717) is 5.69 Å². The van der Waals surface area contributed by atoms with Gasteiger partial charge in [0.15, 0.2) is 11.6 Å². The third-order valence-corrected chi connectivity index (χ3v) is 2.59. The monoisotopic (exact) mass is 224 g/mol. The van der Waals surface area contributed by atoms with Crippen LogP contribution in [0.25, 0.3) is 0 Å². The zero-order valence-electron chi connectivity index (χ0n) is 8.66. The predicted octanol–water partition coefficient (Wildman–Crippen LogP) is 1.22. The van der Waals surface area contributed by atoms with Crippen LogP contribution >= 0.6 is 0 Å². The lowest BCUT2D eigenvalue weighted by atomic mass is 10.2. The van der Waals surface area contributed by atoms with Crippen molar-refractivity contribution in [2.45, 2.75) is 18.9 Å². The molecule has 1 aromatic carbocycles. The molecule has 4 nitrogen and oxygen atoms in total. The van der Waals surface area contributed by atoms with Gasteiger partial charge in [0.2, 0.25) is 5.91 Å². The Bertz CT molecular complexity index is 403. The largest absolute Gasteiger partial charge is 0.505 e. The second kappa shape index (κ2) is 4.49. The van der Waals surface area contributed by atoms with Gasteiger partial charge in [-0.2, -0.15) is 0 Å². The minimum Gasteiger partial charge on any atom is -0.505 e. The van der Waals surface area contributed by atoms with Gasteiger partial charge in [-0.3, -0.25) is 4.79 Å². The molecule has 0 aliphatic carbocycles. The van der Waals surface area contributed by atoms with Crippen LogP contribution < -0.4 is 10.6 Å². The van der Waals surface area contributed by atoms with Crippen LogP contribution in [0.3, 0.4) is 0 Å². The van der Waals surface area contributed by atoms with Crippen LogP contribution in [0.15, 0.2) is 18.2 Å². The summed E-state index contributed by atoms with van der Waals surface area (Å²) in [6.45, 7) is 0.835. The molecule has 1 aliphatic rings. The molecule has 1 aromatic rings. The Morgan fingerprint density at radius 3 is 3.00 bits per heavy atom. The maximum Gasteiger partial charge on any atom is 0.241 e. The Hall–Kier alpha value is -1.62. The molecule has 1 amide bonds. The Labute approximate surface area is 92.5 Å². The lowest BCUT2D eigenvalue weighted by Crippen LogP contribution is -2.35. The van der Waals surface area contributed by atoms with Crippen molar-refractivity contribution < 1.29 is 14.3 Å². The SMILES string of the molecule is O=C(Nc1ccc(O)c(F)c1)C1CCCN1. The minimum atomic E-state index is -0.739. The first kappa shape index (κ1) is 10.9. The number of aromatic hydroxyl groups is 1. The van der Waals surface area contributed by atoms with Crippen LogP contribution in [0.2, 0.25) is 0 Å². The molecular formula is C11H13FN2O2. The molecule has 0 aromatic heterocycles. The second-order valence-corrected chi connectivity index (χ2v) is 3.80. The molecule has 86 valence electrons. The van der Waals surface area contributed by atoms with Gasteiger partial charge in [0, 0.05) is 11.8 Å². The van der Waals surface area contributed by atoms with Gasteiger partial charge in [-0.15, -0.1) is 0 Å². The molecule has 1 saturated heterocycles. The van der Waals surface area contributed by atoms with Crippen molar-refractivity contribution in [1.29, 1.82) is 0 Å². The number of carbonyl (C=O) groups excluding carboxylic acids is 1. The average Bonchev–Trinajstić information content (AvgIpc) is 2.77. The van der Waals surface area contributed by atoms with Crippen LogP contribution in [0.5, 0.6) is 5.75 Å². The lowest BCUT2D eigenvalue weighted by Gasteiger charge is -2.11. The van der Waals surface area contributed by atoms with E-state index in [9.17, 15) is 9.18 Å². The number of carbonyl (C=O) groups is 1. The van der Waals surface area contributed by atoms with E-state index in [2.05, 4.69) is 10.6 Å². The van der Waals surface area contributed by atoms with Crippen molar-refractivity contribution in [3.05, 3.63) is 24.0 Å². The molecule has 3 N–H and O–H groups in total. The van der Waals surface area contributed by atoms with E-state index in [1.54, 1.807) is 0 Å². The summed E-state index contributed by atoms with van der Waals surface area (Å²) in [5, 5.41) is 14.6. The molecule has 2 rings (SSSR count). The number of halogens is 1. The van der Waals surface area contributed by atoms with Gasteiger partial charge in [0.1, 0.15) is 0 Å². The molecule has 5 heteroatoms. The van der Waals surface area contributed by atoms with Gasteiger partial charge in [-0.1, -0.05) is 0 Å². The summed E-state index contributed by atoms with van der Waals surface area (Å²) in [6.07, 6.45) is 1.77. The van der Waals surface area contributed by atoms with Gasteiger partial charge < -0.3 is 15.7 Å². The number of hydrogen-bond donors (Lipinski definition) is 3. The number of rotatable bonds is 2. The van der Waals surface area contributed by atoms with Crippen LogP contribution in [-0.2, 0) is 4.79 Å². The van der Waals surface area contributed by atoms with Gasteiger partial charge in [0.25, 0.3) is 0 Å². The summed E-state index contributed by atoms with van der Waals surface area (Å²) in [5.41, 5.74) is 0.356. The molecule has 1 atom stereocenters. The maximum atomic E-state index is 13.0. The molecule has 16 heavy (non-hydrogen) atoms. The Balaban J connectivity index is 2.02. The second-order valence-electron chi connectivity index (χ2n) is 3.80. The molecule has 1 heterocycles. The van der Waals surface area contributed by atoms with E-state index < -0.39 is 11.6 Å². The molecule has 0 radical (unpaired) electrons. The van der Waals surface area contributed by atoms with Crippen molar-refractivity contribution in [1.82, 2.24) is 5.32 Å². The zero-order valence-corrected chi connectivity index (χ0v) is 8.66. The fourth-order valence-electron chi connectivity index (χ4n) is 1.72. The van der Waals surface area contributed by atoms with E-state index in [-0.39, 0.29) is 11.9 Å². The Morgan fingerprint density at radius 2 is 2.38 bits per heavy atom. The first-order chi connectivity index (χ1) is 7.66. The van der Waals surface area contributed by atoms with Gasteiger partial charge in [-0.25, -0.2) is 4.39 Å². The highest BCUT2D eigenvalue weighted by atomic mass is 19.1. The maximum absolute atomic E-state index is 13.0. The number of anilines is 1. The number of amides is 1. The summed E-state index contributed by atoms with van der Waals surface area (Å²) < 4.78 is 13.0. The van der Waals surface area contributed by atoms with Crippen LogP contribution in [0.4, 0.5) is 10.1 Å². The number of hydrogen-bond acceptors (Lipinski definition) is 3. The van der Waals surface area contributed by atoms with Crippen molar-refractivity contribution in [2.75, 3.05) is 11.9 Å². The molecule has 0 saturated carbocycles. The number of phenolic OH excluding ortho intramolecular Hbond substituents is 1. The third kappa shape index (κ3) is 2.30. The Kier molecular flexibility index (Phi) is 3.05. The number of benzene rings is 1. The molecule has 1 fully saturated rings. The highest BCUT2D eigenvalue weighted by Crippen LogP contribution is 2.19. The van der Waals surface area contributed by atoms with E-state index in [1.165, 1.54) is 12.1 Å². The van der Waals surface area contributed by atoms with E-state index in [0.717, 1.165) is 25.5 Å². The molecule has 0 spiro atoms. The lowest BCUT2D eigenvalue weighted by molar-refractivity contribution is -0.117. The smallest absolute Gasteiger partial charge is 0.241 e. The standard InChI is InChI=1S/C11H13FN2O2/c12-8-6-7(3-4-10(8)15)14-11(16)9-2-1-5-13-9/h3-4,6,9,13,15H,1-2,5H2,(H,14,16). The topological polar surface area (TPSA) is 61.4 Å². The fraction of sp³-hybridized carbons (Fsp3) is 0.364. The highest BCUT2D eigenvalue weighted by molar-refractivity contribution is 5.95. The van der Waals surface area contributed by atoms with E-state index in [4.69, 9.17) is 5.11 Å². The quantitative estimate of drug-likeness (QED) is 0.662. The number of phenols is 1. The summed E-state index contributed by atoms with van der Waals surface area (Å²) in [7, 11) is 0. The summed E-state index contributed by atoms with van der Waals surface area (Å²) in [5.74, 6) is -1.32. The summed E-state index contributed by atoms with van der Waals surface area (Å²) >= 11 is 0. The highest BCUT2D eigenvalue weighted by Gasteiger charge is 2.21. The average molecular weight is 224 g/mol. The molecule has 1 unspecified atom stereocenters. The summed E-state index contributed by atoms with van der Waals surface area (Å²) in [4.78, 5) is 11.7. The molecule has 1 aliphatic heterocycles. The molecular weight excluding hydrogens is 211 g/mol. The zero-order chi connectivity index (χ0) is 11.5. The van der Waals surface area contributed by atoms with Crippen molar-refractivity contribution in [3.63, 3.8) is 0 Å².